The maximum absolute atomic E-state index is 13.0. The molecule has 5 nitrogen and oxygen atoms in total. The van der Waals surface area contributed by atoms with Crippen LogP contribution in [-0.2, 0) is 16.6 Å². The number of rotatable bonds is 6. The fourth-order valence-corrected chi connectivity index (χ4v) is 5.79. The summed E-state index contributed by atoms with van der Waals surface area (Å²) in [6.45, 7) is 0.268. The Morgan fingerprint density at radius 2 is 1.81 bits per heavy atom. The summed E-state index contributed by atoms with van der Waals surface area (Å²) in [5.41, 5.74) is 4.16. The molecule has 2 aliphatic rings. The third kappa shape index (κ3) is 3.92. The summed E-state index contributed by atoms with van der Waals surface area (Å²) in [5, 5.41) is 3.66. The van der Waals surface area contributed by atoms with Crippen LogP contribution in [0.15, 0.2) is 89.8 Å². The van der Waals surface area contributed by atoms with Crippen LogP contribution in [0.3, 0.4) is 0 Å². The minimum atomic E-state index is -3.61. The van der Waals surface area contributed by atoms with Gasteiger partial charge in [0.1, 0.15) is 5.75 Å². The largest absolute Gasteiger partial charge is 0.497 e. The summed E-state index contributed by atoms with van der Waals surface area (Å²) < 4.78 is 34.0. The second kappa shape index (κ2) is 8.45. The van der Waals surface area contributed by atoms with Crippen molar-refractivity contribution >= 4 is 15.7 Å². The Labute approximate surface area is 189 Å². The molecule has 1 aliphatic heterocycles. The van der Waals surface area contributed by atoms with E-state index in [1.165, 1.54) is 5.56 Å². The number of anilines is 1. The van der Waals surface area contributed by atoms with Gasteiger partial charge in [-0.3, -0.25) is 0 Å². The highest BCUT2D eigenvalue weighted by atomic mass is 32.2. The first-order valence-corrected chi connectivity index (χ1v) is 12.3. The lowest BCUT2D eigenvalue weighted by Gasteiger charge is -2.37. The topological polar surface area (TPSA) is 67.4 Å². The molecule has 3 unspecified atom stereocenters. The number of fused-ring (bicyclic) bond motifs is 3. The lowest BCUT2D eigenvalue weighted by Crippen LogP contribution is -2.30. The van der Waals surface area contributed by atoms with Gasteiger partial charge in [0.15, 0.2) is 0 Å². The fourth-order valence-electron chi connectivity index (χ4n) is 4.74. The Balaban J connectivity index is 1.42. The van der Waals surface area contributed by atoms with Crippen molar-refractivity contribution in [2.45, 2.75) is 29.8 Å². The molecule has 0 saturated heterocycles. The van der Waals surface area contributed by atoms with Gasteiger partial charge in [-0.1, -0.05) is 54.6 Å². The molecule has 0 bridgehead atoms. The standard InChI is InChI=1S/C26H26N2O3S/c1-31-20-12-10-19(11-13-20)26-23-9-5-8-22(23)24-16-21(14-15-25(24)28-26)32(29,30)27-17-18-6-3-2-4-7-18/h2-8,10-16,22-23,26-28H,9,17H2,1H3. The van der Waals surface area contributed by atoms with Crippen LogP contribution in [0.5, 0.6) is 5.75 Å². The normalized spacial score (nSPS) is 21.5. The van der Waals surface area contributed by atoms with Gasteiger partial charge in [-0.05, 0) is 59.4 Å². The zero-order valence-electron chi connectivity index (χ0n) is 17.9. The number of allylic oxidation sites excluding steroid dienone is 2. The van der Waals surface area contributed by atoms with E-state index >= 15 is 0 Å². The van der Waals surface area contributed by atoms with Gasteiger partial charge in [0.25, 0.3) is 0 Å². The minimum Gasteiger partial charge on any atom is -0.497 e. The average molecular weight is 447 g/mol. The van der Waals surface area contributed by atoms with Crippen molar-refractivity contribution in [3.05, 3.63) is 102 Å². The van der Waals surface area contributed by atoms with E-state index in [2.05, 4.69) is 34.3 Å². The predicted octanol–water partition coefficient (Wildman–Crippen LogP) is 5.00. The monoisotopic (exact) mass is 446 g/mol. The van der Waals surface area contributed by atoms with E-state index in [0.29, 0.717) is 10.8 Å². The number of hydrogen-bond acceptors (Lipinski definition) is 4. The van der Waals surface area contributed by atoms with Gasteiger partial charge in [-0.2, -0.15) is 0 Å². The predicted molar refractivity (Wildman–Crippen MR) is 126 cm³/mol. The van der Waals surface area contributed by atoms with Crippen LogP contribution in [0.25, 0.3) is 0 Å². The first-order chi connectivity index (χ1) is 15.5. The number of sulfonamides is 1. The second-order valence-corrected chi connectivity index (χ2v) is 10.1. The number of benzene rings is 3. The Hall–Kier alpha value is -3.09. The van der Waals surface area contributed by atoms with Crippen LogP contribution in [0.4, 0.5) is 5.69 Å². The first-order valence-electron chi connectivity index (χ1n) is 10.8. The SMILES string of the molecule is COc1ccc(C2Nc3ccc(S(=O)(=O)NCc4ccccc4)cc3C3C=CCC32)cc1. The summed E-state index contributed by atoms with van der Waals surface area (Å²) in [7, 11) is -1.94. The number of methoxy groups -OCH3 is 1. The summed E-state index contributed by atoms with van der Waals surface area (Å²) >= 11 is 0. The third-order valence-electron chi connectivity index (χ3n) is 6.43. The maximum atomic E-state index is 13.0. The summed E-state index contributed by atoms with van der Waals surface area (Å²) in [5.74, 6) is 1.36. The molecule has 0 saturated carbocycles. The van der Waals surface area contributed by atoms with Crippen molar-refractivity contribution in [3.8, 4) is 5.75 Å². The van der Waals surface area contributed by atoms with Gasteiger partial charge >= 0.3 is 0 Å². The molecule has 3 atom stereocenters. The van der Waals surface area contributed by atoms with E-state index < -0.39 is 10.0 Å². The van der Waals surface area contributed by atoms with Gasteiger partial charge in [0, 0.05) is 18.2 Å². The summed E-state index contributed by atoms with van der Waals surface area (Å²) in [6, 6.07) is 23.3. The number of nitrogens with one attached hydrogen (secondary N) is 2. The molecule has 0 spiro atoms. The zero-order valence-corrected chi connectivity index (χ0v) is 18.7. The van der Waals surface area contributed by atoms with Crippen molar-refractivity contribution in [2.24, 2.45) is 5.92 Å². The summed E-state index contributed by atoms with van der Waals surface area (Å²) in [4.78, 5) is 0.302. The molecule has 164 valence electrons. The fraction of sp³-hybridized carbons (Fsp3) is 0.231. The van der Waals surface area contributed by atoms with Crippen LogP contribution in [-0.4, -0.2) is 15.5 Å². The molecule has 2 N–H and O–H groups in total. The van der Waals surface area contributed by atoms with Gasteiger partial charge in [-0.25, -0.2) is 13.1 Å². The third-order valence-corrected chi connectivity index (χ3v) is 7.83. The highest BCUT2D eigenvalue weighted by Crippen LogP contribution is 2.50. The Morgan fingerprint density at radius 1 is 1.03 bits per heavy atom. The molecule has 3 aromatic rings. The maximum Gasteiger partial charge on any atom is 0.240 e. The van der Waals surface area contributed by atoms with E-state index in [4.69, 9.17) is 4.74 Å². The quantitative estimate of drug-likeness (QED) is 0.523. The Bertz CT molecular complexity index is 1240. The molecule has 32 heavy (non-hydrogen) atoms. The van der Waals surface area contributed by atoms with E-state index in [0.717, 1.165) is 29.0 Å². The smallest absolute Gasteiger partial charge is 0.240 e. The van der Waals surface area contributed by atoms with Crippen LogP contribution in [0.2, 0.25) is 0 Å². The Morgan fingerprint density at radius 3 is 2.56 bits per heavy atom. The average Bonchev–Trinajstić information content (AvgIpc) is 3.33. The van der Waals surface area contributed by atoms with Crippen molar-refractivity contribution < 1.29 is 13.2 Å². The molecule has 0 radical (unpaired) electrons. The van der Waals surface area contributed by atoms with E-state index in [1.54, 1.807) is 13.2 Å². The molecule has 0 fully saturated rings. The van der Waals surface area contributed by atoms with Gasteiger partial charge in [0.2, 0.25) is 10.0 Å². The van der Waals surface area contributed by atoms with Crippen LogP contribution >= 0.6 is 0 Å². The molecule has 5 rings (SSSR count). The molecule has 3 aromatic carbocycles. The highest BCUT2D eigenvalue weighted by molar-refractivity contribution is 7.89. The van der Waals surface area contributed by atoms with E-state index in [1.807, 2.05) is 54.6 Å². The van der Waals surface area contributed by atoms with Crippen molar-refractivity contribution in [1.29, 1.82) is 0 Å². The molecule has 1 heterocycles. The molecule has 0 amide bonds. The molecular formula is C26H26N2O3S. The summed E-state index contributed by atoms with van der Waals surface area (Å²) in [6.07, 6.45) is 5.38. The van der Waals surface area contributed by atoms with Crippen LogP contribution in [0.1, 0.15) is 35.1 Å². The zero-order chi connectivity index (χ0) is 22.1. The van der Waals surface area contributed by atoms with Crippen molar-refractivity contribution in [3.63, 3.8) is 0 Å². The molecule has 6 heteroatoms. The molecular weight excluding hydrogens is 420 g/mol. The first kappa shape index (κ1) is 20.8. The van der Waals surface area contributed by atoms with Gasteiger partial charge in [-0.15, -0.1) is 0 Å². The minimum absolute atomic E-state index is 0.159. The van der Waals surface area contributed by atoms with Crippen LogP contribution < -0.4 is 14.8 Å². The second-order valence-electron chi connectivity index (χ2n) is 8.31. The highest BCUT2D eigenvalue weighted by Gasteiger charge is 2.38. The van der Waals surface area contributed by atoms with Gasteiger partial charge in [0.05, 0.1) is 18.0 Å². The lowest BCUT2D eigenvalue weighted by atomic mass is 9.77. The van der Waals surface area contributed by atoms with Crippen molar-refractivity contribution in [2.75, 3.05) is 12.4 Å². The molecule has 0 aromatic heterocycles. The molecule has 1 aliphatic carbocycles. The van der Waals surface area contributed by atoms with E-state index in [9.17, 15) is 8.42 Å². The lowest BCUT2D eigenvalue weighted by molar-refractivity contribution is 0.411. The van der Waals surface area contributed by atoms with Crippen LogP contribution in [0, 0.1) is 5.92 Å². The van der Waals surface area contributed by atoms with E-state index in [-0.39, 0.29) is 18.5 Å². The number of ether oxygens (including phenoxy) is 1. The van der Waals surface area contributed by atoms with Gasteiger partial charge < -0.3 is 10.1 Å². The Kier molecular flexibility index (Phi) is 5.49. The number of hydrogen-bond donors (Lipinski definition) is 2. The van der Waals surface area contributed by atoms with Crippen molar-refractivity contribution in [1.82, 2.24) is 4.72 Å².